The minimum Gasteiger partial charge on any atom is -0.493 e. The lowest BCUT2D eigenvalue weighted by Gasteiger charge is -2.14. The number of hydrogen-bond acceptors (Lipinski definition) is 5. The average Bonchev–Trinajstić information content (AvgIpc) is 2.87. The Morgan fingerprint density at radius 1 is 1.08 bits per heavy atom. The van der Waals surface area contributed by atoms with Crippen LogP contribution in [0.5, 0.6) is 17.2 Å². The summed E-state index contributed by atoms with van der Waals surface area (Å²) in [5, 5.41) is 4.45. The van der Waals surface area contributed by atoms with Crippen LogP contribution in [0.25, 0.3) is 0 Å². The number of aryl methyl sites for hydroxylation is 1. The minimum atomic E-state index is -0.227. The van der Waals surface area contributed by atoms with Gasteiger partial charge in [-0.3, -0.25) is 4.79 Å². The Morgan fingerprint density at radius 2 is 1.64 bits per heavy atom. The maximum Gasteiger partial charge on any atom is 0.278 e. The molecule has 1 aromatic heterocycles. The Labute approximate surface area is 148 Å². The summed E-state index contributed by atoms with van der Waals surface area (Å²) in [5.74, 6) is 1.60. The van der Waals surface area contributed by atoms with Gasteiger partial charge in [0, 0.05) is 11.3 Å². The quantitative estimate of drug-likeness (QED) is 0.802. The Kier molecular flexibility index (Phi) is 5.72. The molecule has 0 atom stereocenters. The van der Waals surface area contributed by atoms with Crippen molar-refractivity contribution in [2.24, 2.45) is 5.92 Å². The predicted molar refractivity (Wildman–Crippen MR) is 96.1 cm³/mol. The second-order valence-corrected chi connectivity index (χ2v) is 6.38. The fourth-order valence-electron chi connectivity index (χ4n) is 2.90. The van der Waals surface area contributed by atoms with Crippen molar-refractivity contribution < 1.29 is 19.0 Å². The van der Waals surface area contributed by atoms with Gasteiger partial charge < -0.3 is 14.2 Å². The highest BCUT2D eigenvalue weighted by Gasteiger charge is 2.22. The number of nitrogens with zero attached hydrogens (tertiary/aromatic N) is 2. The molecule has 0 fully saturated rings. The fourth-order valence-corrected chi connectivity index (χ4v) is 2.90. The van der Waals surface area contributed by atoms with Crippen LogP contribution in [0.3, 0.4) is 0 Å². The zero-order valence-corrected chi connectivity index (χ0v) is 16.0. The molecule has 136 valence electrons. The molecule has 0 radical (unpaired) electrons. The molecule has 1 aromatic carbocycles. The summed E-state index contributed by atoms with van der Waals surface area (Å²) in [5.41, 5.74) is 3.30. The maximum atomic E-state index is 13.0. The molecular weight excluding hydrogens is 320 g/mol. The van der Waals surface area contributed by atoms with E-state index in [1.807, 2.05) is 13.8 Å². The summed E-state index contributed by atoms with van der Waals surface area (Å²) >= 11 is 0. The molecule has 0 aliphatic heterocycles. The normalized spacial score (nSPS) is 10.9. The molecule has 0 unspecified atom stereocenters. The number of rotatable bonds is 6. The first-order chi connectivity index (χ1) is 11.8. The van der Waals surface area contributed by atoms with Gasteiger partial charge in [-0.2, -0.15) is 5.10 Å². The van der Waals surface area contributed by atoms with Crippen molar-refractivity contribution in [2.75, 3.05) is 21.3 Å². The van der Waals surface area contributed by atoms with Gasteiger partial charge in [0.05, 0.1) is 27.0 Å². The summed E-state index contributed by atoms with van der Waals surface area (Å²) in [4.78, 5) is 13.0. The van der Waals surface area contributed by atoms with E-state index in [0.29, 0.717) is 28.7 Å². The first-order valence-corrected chi connectivity index (χ1v) is 8.23. The van der Waals surface area contributed by atoms with Crippen LogP contribution in [0.2, 0.25) is 0 Å². The smallest absolute Gasteiger partial charge is 0.278 e. The molecule has 1 heterocycles. The van der Waals surface area contributed by atoms with Gasteiger partial charge in [0.25, 0.3) is 5.91 Å². The van der Waals surface area contributed by atoms with E-state index in [2.05, 4.69) is 18.9 Å². The molecule has 0 saturated heterocycles. The first kappa shape index (κ1) is 18.8. The molecule has 0 bridgehead atoms. The highest BCUT2D eigenvalue weighted by molar-refractivity contribution is 5.97. The van der Waals surface area contributed by atoms with Crippen LogP contribution in [-0.4, -0.2) is 37.0 Å². The standard InChI is InChI=1S/C19H26N2O4/c1-11(2)8-15-12(3)20-21(13(15)4)19(22)14-9-16(23-5)18(25-7)17(10-14)24-6/h9-11H,8H2,1-7H3. The molecule has 0 amide bonds. The minimum absolute atomic E-state index is 0.227. The summed E-state index contributed by atoms with van der Waals surface area (Å²) in [6, 6.07) is 3.28. The number of carbonyl (C=O) groups is 1. The molecule has 0 spiro atoms. The monoisotopic (exact) mass is 346 g/mol. The largest absolute Gasteiger partial charge is 0.493 e. The van der Waals surface area contributed by atoms with Crippen LogP contribution in [0.4, 0.5) is 0 Å². The third kappa shape index (κ3) is 3.62. The summed E-state index contributed by atoms with van der Waals surface area (Å²) in [7, 11) is 4.58. The summed E-state index contributed by atoms with van der Waals surface area (Å²) in [6.45, 7) is 8.16. The molecule has 0 aliphatic rings. The van der Waals surface area contributed by atoms with E-state index in [4.69, 9.17) is 14.2 Å². The lowest BCUT2D eigenvalue weighted by molar-refractivity contribution is 0.0941. The predicted octanol–water partition coefficient (Wildman–Crippen LogP) is 3.41. The van der Waals surface area contributed by atoms with Crippen LogP contribution in [0.1, 0.15) is 41.2 Å². The summed E-state index contributed by atoms with van der Waals surface area (Å²) < 4.78 is 17.4. The maximum absolute atomic E-state index is 13.0. The highest BCUT2D eigenvalue weighted by atomic mass is 16.5. The second kappa shape index (κ2) is 7.59. The van der Waals surface area contributed by atoms with Gasteiger partial charge in [0.1, 0.15) is 0 Å². The van der Waals surface area contributed by atoms with Crippen molar-refractivity contribution in [3.05, 3.63) is 34.6 Å². The zero-order chi connectivity index (χ0) is 18.7. The van der Waals surface area contributed by atoms with Gasteiger partial charge >= 0.3 is 0 Å². The fraction of sp³-hybridized carbons (Fsp3) is 0.474. The molecule has 25 heavy (non-hydrogen) atoms. The van der Waals surface area contributed by atoms with Gasteiger partial charge in [-0.15, -0.1) is 0 Å². The van der Waals surface area contributed by atoms with Gasteiger partial charge in [-0.25, -0.2) is 4.68 Å². The van der Waals surface area contributed by atoms with E-state index in [9.17, 15) is 4.79 Å². The Bertz CT molecular complexity index is 753. The van der Waals surface area contributed by atoms with E-state index < -0.39 is 0 Å². The van der Waals surface area contributed by atoms with E-state index >= 15 is 0 Å². The summed E-state index contributed by atoms with van der Waals surface area (Å²) in [6.07, 6.45) is 0.889. The van der Waals surface area contributed by atoms with Crippen molar-refractivity contribution in [1.29, 1.82) is 0 Å². The van der Waals surface area contributed by atoms with Gasteiger partial charge in [-0.1, -0.05) is 13.8 Å². The number of methoxy groups -OCH3 is 3. The Balaban J connectivity index is 2.51. The molecule has 2 rings (SSSR count). The number of aromatic nitrogens is 2. The lowest BCUT2D eigenvalue weighted by Crippen LogP contribution is -2.16. The van der Waals surface area contributed by atoms with Crippen molar-refractivity contribution >= 4 is 5.91 Å². The number of benzene rings is 1. The van der Waals surface area contributed by atoms with E-state index in [1.165, 1.54) is 26.0 Å². The first-order valence-electron chi connectivity index (χ1n) is 8.23. The number of ether oxygens (including phenoxy) is 3. The van der Waals surface area contributed by atoms with Gasteiger partial charge in [0.2, 0.25) is 5.75 Å². The molecule has 6 heteroatoms. The van der Waals surface area contributed by atoms with Crippen LogP contribution in [-0.2, 0) is 6.42 Å². The molecule has 0 saturated carbocycles. The molecule has 6 nitrogen and oxygen atoms in total. The van der Waals surface area contributed by atoms with Crippen LogP contribution >= 0.6 is 0 Å². The van der Waals surface area contributed by atoms with Crippen molar-refractivity contribution in [3.63, 3.8) is 0 Å². The Morgan fingerprint density at radius 3 is 2.08 bits per heavy atom. The van der Waals surface area contributed by atoms with Crippen LogP contribution in [0.15, 0.2) is 12.1 Å². The van der Waals surface area contributed by atoms with Crippen LogP contribution in [0, 0.1) is 19.8 Å². The van der Waals surface area contributed by atoms with Gasteiger partial charge in [-0.05, 0) is 43.9 Å². The van der Waals surface area contributed by atoms with E-state index in [0.717, 1.165) is 23.4 Å². The van der Waals surface area contributed by atoms with Crippen LogP contribution < -0.4 is 14.2 Å². The SMILES string of the molecule is COc1cc(C(=O)n2nc(C)c(CC(C)C)c2C)cc(OC)c1OC. The topological polar surface area (TPSA) is 62.6 Å². The molecular formula is C19H26N2O4. The van der Waals surface area contributed by atoms with Gasteiger partial charge in [0.15, 0.2) is 11.5 Å². The average molecular weight is 346 g/mol. The second-order valence-electron chi connectivity index (χ2n) is 6.38. The third-order valence-electron chi connectivity index (χ3n) is 4.16. The van der Waals surface area contributed by atoms with Crippen molar-refractivity contribution in [1.82, 2.24) is 9.78 Å². The number of hydrogen-bond donors (Lipinski definition) is 0. The molecule has 2 aromatic rings. The highest BCUT2D eigenvalue weighted by Crippen LogP contribution is 2.38. The molecule has 0 N–H and O–H groups in total. The van der Waals surface area contributed by atoms with E-state index in [-0.39, 0.29) is 5.91 Å². The Hall–Kier alpha value is -2.50. The van der Waals surface area contributed by atoms with E-state index in [1.54, 1.807) is 12.1 Å². The third-order valence-corrected chi connectivity index (χ3v) is 4.16. The number of carbonyl (C=O) groups excluding carboxylic acids is 1. The van der Waals surface area contributed by atoms with Crippen molar-refractivity contribution in [2.45, 2.75) is 34.1 Å². The lowest BCUT2D eigenvalue weighted by atomic mass is 10.0. The van der Waals surface area contributed by atoms with Crippen molar-refractivity contribution in [3.8, 4) is 17.2 Å². The zero-order valence-electron chi connectivity index (χ0n) is 16.0. The molecule has 0 aliphatic carbocycles.